The second-order valence-corrected chi connectivity index (χ2v) is 7.73. The predicted octanol–water partition coefficient (Wildman–Crippen LogP) is 2.82. The summed E-state index contributed by atoms with van der Waals surface area (Å²) < 4.78 is 5.08. The van der Waals surface area contributed by atoms with Crippen molar-refractivity contribution >= 4 is 39.3 Å². The molecule has 0 aliphatic rings. The molecule has 0 atom stereocenters. The summed E-state index contributed by atoms with van der Waals surface area (Å²) in [5.41, 5.74) is 2.43. The fourth-order valence-electron chi connectivity index (χ4n) is 2.73. The summed E-state index contributed by atoms with van der Waals surface area (Å²) in [4.78, 5) is 41.0. The van der Waals surface area contributed by atoms with E-state index in [-0.39, 0.29) is 24.1 Å². The maximum atomic E-state index is 13.0. The molecule has 0 spiro atoms. The van der Waals surface area contributed by atoms with Crippen LogP contribution in [0.1, 0.15) is 27.5 Å². The Morgan fingerprint density at radius 3 is 2.62 bits per heavy atom. The summed E-state index contributed by atoms with van der Waals surface area (Å²) in [6.07, 6.45) is 2.05. The zero-order chi connectivity index (χ0) is 20.8. The van der Waals surface area contributed by atoms with E-state index >= 15 is 0 Å². The van der Waals surface area contributed by atoms with Crippen molar-refractivity contribution in [1.82, 2.24) is 19.9 Å². The lowest BCUT2D eigenvalue weighted by molar-refractivity contribution is -0.116. The summed E-state index contributed by atoms with van der Waals surface area (Å²) in [5, 5.41) is 3.30. The van der Waals surface area contributed by atoms with E-state index in [9.17, 15) is 9.59 Å². The molecule has 0 saturated carbocycles. The van der Waals surface area contributed by atoms with Crippen molar-refractivity contribution in [1.29, 1.82) is 0 Å². The standard InChI is InChI=1S/C20H23N5O3S/c1-13-14(2)29-20(22-13)24-18(26)12-25(9-6-10-28-3)19(27)17-11-21-15-7-4-5-8-16(15)23-17/h4-5,7-8,11H,6,9-10,12H2,1-3H3,(H,22,24,26). The maximum Gasteiger partial charge on any atom is 0.274 e. The number of carbonyl (C=O) groups is 2. The summed E-state index contributed by atoms with van der Waals surface area (Å²) in [6.45, 7) is 4.58. The van der Waals surface area contributed by atoms with E-state index in [2.05, 4.69) is 20.3 Å². The quantitative estimate of drug-likeness (QED) is 0.571. The van der Waals surface area contributed by atoms with Gasteiger partial charge in [0, 0.05) is 25.1 Å². The van der Waals surface area contributed by atoms with Crippen molar-refractivity contribution in [3.8, 4) is 0 Å². The number of methoxy groups -OCH3 is 1. The van der Waals surface area contributed by atoms with Crippen LogP contribution in [0.4, 0.5) is 5.13 Å². The predicted molar refractivity (Wildman–Crippen MR) is 112 cm³/mol. The van der Waals surface area contributed by atoms with Gasteiger partial charge in [0.2, 0.25) is 5.91 Å². The Hall–Kier alpha value is -2.91. The average Bonchev–Trinajstić information content (AvgIpc) is 3.03. The lowest BCUT2D eigenvalue weighted by Crippen LogP contribution is -2.39. The number of hydrogen-bond acceptors (Lipinski definition) is 7. The van der Waals surface area contributed by atoms with Crippen molar-refractivity contribution in [2.75, 3.05) is 32.1 Å². The van der Waals surface area contributed by atoms with Crippen molar-refractivity contribution < 1.29 is 14.3 Å². The van der Waals surface area contributed by atoms with E-state index in [1.807, 2.05) is 32.0 Å². The number of rotatable bonds is 8. The van der Waals surface area contributed by atoms with Crippen LogP contribution < -0.4 is 5.32 Å². The molecule has 1 N–H and O–H groups in total. The van der Waals surface area contributed by atoms with Crippen LogP contribution in [-0.2, 0) is 9.53 Å². The molecular formula is C20H23N5O3S. The SMILES string of the molecule is COCCCN(CC(=O)Nc1nc(C)c(C)s1)C(=O)c1cnc2ccccc2n1. The third kappa shape index (κ3) is 5.33. The molecule has 0 bridgehead atoms. The lowest BCUT2D eigenvalue weighted by atomic mass is 10.2. The third-order valence-corrected chi connectivity index (χ3v) is 5.33. The van der Waals surface area contributed by atoms with Gasteiger partial charge in [0.25, 0.3) is 5.91 Å². The first-order valence-electron chi connectivity index (χ1n) is 9.22. The van der Waals surface area contributed by atoms with Gasteiger partial charge in [-0.15, -0.1) is 11.3 Å². The van der Waals surface area contributed by atoms with Crippen LogP contribution in [0.25, 0.3) is 11.0 Å². The number of amides is 2. The molecule has 1 aromatic carbocycles. The highest BCUT2D eigenvalue weighted by Gasteiger charge is 2.21. The second kappa shape index (κ2) is 9.53. The minimum atomic E-state index is -0.346. The van der Waals surface area contributed by atoms with Crippen molar-refractivity contribution in [2.24, 2.45) is 0 Å². The molecule has 8 nitrogen and oxygen atoms in total. The zero-order valence-corrected chi connectivity index (χ0v) is 17.5. The molecule has 2 amide bonds. The van der Waals surface area contributed by atoms with E-state index < -0.39 is 0 Å². The fraction of sp³-hybridized carbons (Fsp3) is 0.350. The van der Waals surface area contributed by atoms with Gasteiger partial charge in [0.1, 0.15) is 12.2 Å². The number of anilines is 1. The largest absolute Gasteiger partial charge is 0.385 e. The molecule has 0 radical (unpaired) electrons. The second-order valence-electron chi connectivity index (χ2n) is 6.53. The number of aromatic nitrogens is 3. The Morgan fingerprint density at radius 1 is 1.17 bits per heavy atom. The van der Waals surface area contributed by atoms with Crippen molar-refractivity contribution in [3.63, 3.8) is 0 Å². The van der Waals surface area contributed by atoms with Gasteiger partial charge in [-0.05, 0) is 32.4 Å². The molecule has 0 fully saturated rings. The highest BCUT2D eigenvalue weighted by atomic mass is 32.1. The molecule has 0 aliphatic carbocycles. The van der Waals surface area contributed by atoms with Gasteiger partial charge in [0.05, 0.1) is 22.9 Å². The summed E-state index contributed by atoms with van der Waals surface area (Å²) in [5.74, 6) is -0.653. The smallest absolute Gasteiger partial charge is 0.274 e. The topological polar surface area (TPSA) is 97.3 Å². The molecule has 152 valence electrons. The van der Waals surface area contributed by atoms with Gasteiger partial charge in [-0.2, -0.15) is 0 Å². The Morgan fingerprint density at radius 2 is 1.93 bits per heavy atom. The normalized spacial score (nSPS) is 10.9. The molecule has 3 aromatic rings. The minimum Gasteiger partial charge on any atom is -0.385 e. The van der Waals surface area contributed by atoms with E-state index in [4.69, 9.17) is 4.74 Å². The zero-order valence-electron chi connectivity index (χ0n) is 16.6. The molecule has 3 rings (SSSR count). The first-order chi connectivity index (χ1) is 14.0. The summed E-state index contributed by atoms with van der Waals surface area (Å²) in [6, 6.07) is 7.33. The molecule has 9 heteroatoms. The van der Waals surface area contributed by atoms with Gasteiger partial charge >= 0.3 is 0 Å². The van der Waals surface area contributed by atoms with Gasteiger partial charge in [-0.25, -0.2) is 9.97 Å². The fourth-order valence-corrected chi connectivity index (χ4v) is 3.56. The van der Waals surface area contributed by atoms with Crippen molar-refractivity contribution in [3.05, 3.63) is 46.7 Å². The molecule has 0 aliphatic heterocycles. The molecular weight excluding hydrogens is 390 g/mol. The molecule has 29 heavy (non-hydrogen) atoms. The average molecular weight is 414 g/mol. The number of fused-ring (bicyclic) bond motifs is 1. The number of para-hydroxylation sites is 2. The minimum absolute atomic E-state index is 0.102. The van der Waals surface area contributed by atoms with Crippen LogP contribution in [0.3, 0.4) is 0 Å². The maximum absolute atomic E-state index is 13.0. The molecule has 2 heterocycles. The van der Waals surface area contributed by atoms with Crippen LogP contribution in [0.5, 0.6) is 0 Å². The Balaban J connectivity index is 1.75. The highest BCUT2D eigenvalue weighted by Crippen LogP contribution is 2.21. The van der Waals surface area contributed by atoms with E-state index in [1.165, 1.54) is 22.4 Å². The summed E-state index contributed by atoms with van der Waals surface area (Å²) in [7, 11) is 1.60. The van der Waals surface area contributed by atoms with Crippen LogP contribution >= 0.6 is 11.3 Å². The Labute approximate surface area is 173 Å². The van der Waals surface area contributed by atoms with Crippen LogP contribution in [-0.4, -0.2) is 58.5 Å². The van der Waals surface area contributed by atoms with Crippen LogP contribution in [0.15, 0.2) is 30.5 Å². The number of ether oxygens (including phenoxy) is 1. The molecule has 0 unspecified atom stereocenters. The highest BCUT2D eigenvalue weighted by molar-refractivity contribution is 7.15. The van der Waals surface area contributed by atoms with E-state index in [0.29, 0.717) is 35.7 Å². The summed E-state index contributed by atoms with van der Waals surface area (Å²) >= 11 is 1.41. The monoisotopic (exact) mass is 413 g/mol. The van der Waals surface area contributed by atoms with E-state index in [1.54, 1.807) is 13.2 Å². The number of nitrogens with zero attached hydrogens (tertiary/aromatic N) is 4. The number of carbonyl (C=O) groups excluding carboxylic acids is 2. The number of nitrogens with one attached hydrogen (secondary N) is 1. The van der Waals surface area contributed by atoms with Gasteiger partial charge in [-0.1, -0.05) is 12.1 Å². The van der Waals surface area contributed by atoms with Crippen LogP contribution in [0, 0.1) is 13.8 Å². The number of aryl methyl sites for hydroxylation is 2. The van der Waals surface area contributed by atoms with Crippen LogP contribution in [0.2, 0.25) is 0 Å². The first-order valence-corrected chi connectivity index (χ1v) is 10.0. The number of thiazole rings is 1. The number of benzene rings is 1. The van der Waals surface area contributed by atoms with Gasteiger partial charge in [0.15, 0.2) is 5.13 Å². The molecule has 2 aromatic heterocycles. The van der Waals surface area contributed by atoms with Gasteiger partial charge < -0.3 is 15.0 Å². The van der Waals surface area contributed by atoms with Gasteiger partial charge in [-0.3, -0.25) is 14.6 Å². The third-order valence-electron chi connectivity index (χ3n) is 4.34. The Bertz CT molecular complexity index is 1000. The number of hydrogen-bond donors (Lipinski definition) is 1. The van der Waals surface area contributed by atoms with E-state index in [0.717, 1.165) is 10.6 Å². The Kier molecular flexibility index (Phi) is 6.84. The lowest BCUT2D eigenvalue weighted by Gasteiger charge is -2.21. The molecule has 0 saturated heterocycles. The first kappa shape index (κ1) is 20.8. The van der Waals surface area contributed by atoms with Crippen molar-refractivity contribution in [2.45, 2.75) is 20.3 Å².